The van der Waals surface area contributed by atoms with Crippen LogP contribution in [0.2, 0.25) is 0 Å². The van der Waals surface area contributed by atoms with Gasteiger partial charge in [0.1, 0.15) is 28.8 Å². The molecule has 0 unspecified atom stereocenters. The first-order valence-corrected chi connectivity index (χ1v) is 10.9. The van der Waals surface area contributed by atoms with Gasteiger partial charge in [-0.3, -0.25) is 9.78 Å². The molecular weight excluding hydrogens is 426 g/mol. The van der Waals surface area contributed by atoms with Crippen LogP contribution >= 0.6 is 0 Å². The van der Waals surface area contributed by atoms with Gasteiger partial charge in [-0.15, -0.1) is 0 Å². The van der Waals surface area contributed by atoms with Crippen molar-refractivity contribution in [2.24, 2.45) is 0 Å². The minimum absolute atomic E-state index is 0.0353. The summed E-state index contributed by atoms with van der Waals surface area (Å²) in [6, 6.07) is 5.27. The Labute approximate surface area is 191 Å². The highest BCUT2D eigenvalue weighted by molar-refractivity contribution is 6.08. The molecule has 2 aromatic heterocycles. The molecular formula is C24H27N3O6. The Bertz CT molecular complexity index is 1140. The van der Waals surface area contributed by atoms with Gasteiger partial charge in [-0.1, -0.05) is 0 Å². The van der Waals surface area contributed by atoms with E-state index in [0.29, 0.717) is 65.1 Å². The summed E-state index contributed by atoms with van der Waals surface area (Å²) in [5.41, 5.74) is 2.05. The smallest absolute Gasteiger partial charge is 0.341 e. The number of ether oxygens (including phenoxy) is 3. The second-order valence-electron chi connectivity index (χ2n) is 7.68. The van der Waals surface area contributed by atoms with Gasteiger partial charge in [-0.05, 0) is 38.0 Å². The summed E-state index contributed by atoms with van der Waals surface area (Å²) >= 11 is 0. The van der Waals surface area contributed by atoms with E-state index in [1.807, 2.05) is 4.90 Å². The summed E-state index contributed by atoms with van der Waals surface area (Å²) < 4.78 is 21.4. The van der Waals surface area contributed by atoms with Gasteiger partial charge in [0, 0.05) is 25.3 Å². The Morgan fingerprint density at radius 1 is 1.15 bits per heavy atom. The molecule has 9 nitrogen and oxygen atoms in total. The molecule has 1 saturated heterocycles. The van der Waals surface area contributed by atoms with Gasteiger partial charge < -0.3 is 28.8 Å². The molecule has 1 amide bonds. The predicted molar refractivity (Wildman–Crippen MR) is 122 cm³/mol. The van der Waals surface area contributed by atoms with E-state index in [2.05, 4.69) is 10.3 Å². The lowest BCUT2D eigenvalue weighted by molar-refractivity contribution is 0.0527. The quantitative estimate of drug-likeness (QED) is 0.540. The molecule has 0 aliphatic carbocycles. The molecule has 0 bridgehead atoms. The molecule has 0 radical (unpaired) electrons. The number of anilines is 1. The summed E-state index contributed by atoms with van der Waals surface area (Å²) in [5.74, 6) is 0.631. The Morgan fingerprint density at radius 2 is 1.88 bits per heavy atom. The van der Waals surface area contributed by atoms with Gasteiger partial charge in [0.15, 0.2) is 0 Å². The van der Waals surface area contributed by atoms with Gasteiger partial charge in [-0.25, -0.2) is 4.79 Å². The number of carbonyl (C=O) groups excluding carboxylic acids is 2. The molecule has 1 fully saturated rings. The molecule has 9 heteroatoms. The first kappa shape index (κ1) is 22.4. The van der Waals surface area contributed by atoms with Crippen LogP contribution < -0.4 is 14.8 Å². The monoisotopic (exact) mass is 453 g/mol. The SMILES string of the molecule is CCOC(=O)c1cnc2c(OC)ccc(OC)c2c1NC1CCN(C(=O)c2ccoc2)CC1. The summed E-state index contributed by atoms with van der Waals surface area (Å²) in [4.78, 5) is 31.6. The van der Waals surface area contributed by atoms with E-state index >= 15 is 0 Å². The molecule has 1 aliphatic heterocycles. The number of likely N-dealkylation sites (tertiary alicyclic amines) is 1. The van der Waals surface area contributed by atoms with E-state index in [1.165, 1.54) is 18.7 Å². The molecule has 3 aromatic rings. The third-order valence-corrected chi connectivity index (χ3v) is 5.78. The molecule has 3 heterocycles. The van der Waals surface area contributed by atoms with Crippen LogP contribution in [0.5, 0.6) is 11.5 Å². The van der Waals surface area contributed by atoms with E-state index < -0.39 is 5.97 Å². The lowest BCUT2D eigenvalue weighted by Gasteiger charge is -2.33. The van der Waals surface area contributed by atoms with Gasteiger partial charge in [-0.2, -0.15) is 0 Å². The first-order valence-electron chi connectivity index (χ1n) is 10.9. The number of fused-ring (bicyclic) bond motifs is 1. The number of amides is 1. The Balaban J connectivity index is 1.65. The maximum atomic E-state index is 12.7. The van der Waals surface area contributed by atoms with Crippen LogP contribution in [0.15, 0.2) is 41.3 Å². The predicted octanol–water partition coefficient (Wildman–Crippen LogP) is 3.74. The average Bonchev–Trinajstić information content (AvgIpc) is 3.38. The number of aromatic nitrogens is 1. The van der Waals surface area contributed by atoms with Gasteiger partial charge in [0.2, 0.25) is 0 Å². The maximum Gasteiger partial charge on any atom is 0.341 e. The van der Waals surface area contributed by atoms with Crippen LogP contribution in [-0.2, 0) is 4.74 Å². The van der Waals surface area contributed by atoms with E-state index in [4.69, 9.17) is 18.6 Å². The van der Waals surface area contributed by atoms with Gasteiger partial charge in [0.05, 0.1) is 43.7 Å². The van der Waals surface area contributed by atoms with Gasteiger partial charge >= 0.3 is 5.97 Å². The molecule has 0 atom stereocenters. The second kappa shape index (κ2) is 9.81. The van der Waals surface area contributed by atoms with Crippen LogP contribution in [0.3, 0.4) is 0 Å². The minimum Gasteiger partial charge on any atom is -0.496 e. The lowest BCUT2D eigenvalue weighted by atomic mass is 10.0. The maximum absolute atomic E-state index is 12.7. The number of pyridine rings is 1. The molecule has 1 aliphatic rings. The highest BCUT2D eigenvalue weighted by atomic mass is 16.5. The Morgan fingerprint density at radius 3 is 2.52 bits per heavy atom. The van der Waals surface area contributed by atoms with Gasteiger partial charge in [0.25, 0.3) is 5.91 Å². The summed E-state index contributed by atoms with van der Waals surface area (Å²) in [7, 11) is 3.14. The largest absolute Gasteiger partial charge is 0.496 e. The van der Waals surface area contributed by atoms with Crippen molar-refractivity contribution >= 4 is 28.5 Å². The van der Waals surface area contributed by atoms with Crippen molar-refractivity contribution in [1.29, 1.82) is 0 Å². The molecule has 174 valence electrons. The third kappa shape index (κ3) is 4.44. The van der Waals surface area contributed by atoms with E-state index in [1.54, 1.807) is 39.3 Å². The molecule has 1 aromatic carbocycles. The van der Waals surface area contributed by atoms with Crippen molar-refractivity contribution in [3.8, 4) is 11.5 Å². The number of rotatable bonds is 7. The van der Waals surface area contributed by atoms with Crippen molar-refractivity contribution in [1.82, 2.24) is 9.88 Å². The standard InChI is InChI=1S/C24H27N3O6/c1-4-33-24(29)17-13-25-22-19(31-3)6-5-18(30-2)20(22)21(17)26-16-7-10-27(11-8-16)23(28)15-9-12-32-14-15/h5-6,9,12-14,16H,4,7-8,10-11H2,1-3H3,(H,25,26). The number of benzene rings is 1. The number of piperidine rings is 1. The summed E-state index contributed by atoms with van der Waals surface area (Å²) in [6.07, 6.45) is 5.88. The zero-order valence-corrected chi connectivity index (χ0v) is 18.9. The minimum atomic E-state index is -0.466. The van der Waals surface area contributed by atoms with E-state index in [9.17, 15) is 9.59 Å². The van der Waals surface area contributed by atoms with Crippen molar-refractivity contribution in [3.05, 3.63) is 48.0 Å². The zero-order valence-electron chi connectivity index (χ0n) is 18.9. The topological polar surface area (TPSA) is 103 Å². The highest BCUT2D eigenvalue weighted by Crippen LogP contribution is 2.39. The third-order valence-electron chi connectivity index (χ3n) is 5.78. The zero-order chi connectivity index (χ0) is 23.4. The van der Waals surface area contributed by atoms with Crippen molar-refractivity contribution in [2.75, 3.05) is 39.2 Å². The number of nitrogens with one attached hydrogen (secondary N) is 1. The fourth-order valence-corrected chi connectivity index (χ4v) is 4.10. The lowest BCUT2D eigenvalue weighted by Crippen LogP contribution is -2.42. The van der Waals surface area contributed by atoms with Crippen LogP contribution in [0, 0.1) is 0 Å². The van der Waals surface area contributed by atoms with E-state index in [-0.39, 0.29) is 18.6 Å². The van der Waals surface area contributed by atoms with Crippen molar-refractivity contribution in [2.45, 2.75) is 25.8 Å². The average molecular weight is 453 g/mol. The molecule has 4 rings (SSSR count). The normalized spacial score (nSPS) is 14.2. The fourth-order valence-electron chi connectivity index (χ4n) is 4.10. The Hall–Kier alpha value is -3.75. The molecule has 0 saturated carbocycles. The van der Waals surface area contributed by atoms with Crippen molar-refractivity contribution < 1.29 is 28.2 Å². The Kier molecular flexibility index (Phi) is 6.67. The highest BCUT2D eigenvalue weighted by Gasteiger charge is 2.27. The number of nitrogens with zero attached hydrogens (tertiary/aromatic N) is 2. The van der Waals surface area contributed by atoms with Crippen LogP contribution in [0.4, 0.5) is 5.69 Å². The van der Waals surface area contributed by atoms with E-state index in [0.717, 1.165) is 0 Å². The fraction of sp³-hybridized carbons (Fsp3) is 0.375. The number of esters is 1. The number of methoxy groups -OCH3 is 2. The number of carbonyl (C=O) groups is 2. The number of furan rings is 1. The van der Waals surface area contributed by atoms with Crippen LogP contribution in [-0.4, -0.2) is 61.7 Å². The first-order chi connectivity index (χ1) is 16.1. The van der Waals surface area contributed by atoms with Crippen LogP contribution in [0.1, 0.15) is 40.5 Å². The molecule has 1 N–H and O–H groups in total. The number of hydrogen-bond acceptors (Lipinski definition) is 8. The summed E-state index contributed by atoms with van der Waals surface area (Å²) in [5, 5.41) is 4.17. The van der Waals surface area contributed by atoms with Crippen molar-refractivity contribution in [3.63, 3.8) is 0 Å². The number of hydrogen-bond donors (Lipinski definition) is 1. The molecule has 33 heavy (non-hydrogen) atoms. The van der Waals surface area contributed by atoms with Crippen LogP contribution in [0.25, 0.3) is 10.9 Å². The molecule has 0 spiro atoms. The second-order valence-corrected chi connectivity index (χ2v) is 7.68. The summed E-state index contributed by atoms with van der Waals surface area (Å²) in [6.45, 7) is 3.18.